The Hall–Kier alpha value is -2.28. The maximum atomic E-state index is 12.6. The van der Waals surface area contributed by atoms with Gasteiger partial charge in [-0.3, -0.25) is 9.59 Å². The average molecular weight is 388 g/mol. The van der Waals surface area contributed by atoms with Crippen molar-refractivity contribution in [1.82, 2.24) is 10.1 Å². The molecular weight excluding hydrogens is 362 g/mol. The van der Waals surface area contributed by atoms with Crippen LogP contribution in [-0.4, -0.2) is 39.4 Å². The number of rotatable bonds is 9. The molecule has 1 saturated carbocycles. The highest BCUT2D eigenvalue weighted by atomic mass is 32.2. The maximum absolute atomic E-state index is 12.6. The monoisotopic (exact) mass is 387 g/mol. The van der Waals surface area contributed by atoms with Gasteiger partial charge in [-0.05, 0) is 37.3 Å². The van der Waals surface area contributed by atoms with Crippen LogP contribution in [0.25, 0.3) is 0 Å². The third-order valence-corrected chi connectivity index (χ3v) is 5.36. The van der Waals surface area contributed by atoms with E-state index < -0.39 is 0 Å². The summed E-state index contributed by atoms with van der Waals surface area (Å²) >= 11 is 1.32. The Balaban J connectivity index is 1.46. The summed E-state index contributed by atoms with van der Waals surface area (Å²) in [4.78, 5) is 26.5. The van der Waals surface area contributed by atoms with Crippen molar-refractivity contribution < 1.29 is 14.1 Å². The van der Waals surface area contributed by atoms with Crippen LogP contribution >= 0.6 is 11.8 Å². The predicted octanol–water partition coefficient (Wildman–Crippen LogP) is 3.41. The van der Waals surface area contributed by atoms with E-state index in [0.717, 1.165) is 24.8 Å². The first-order chi connectivity index (χ1) is 13.0. The molecular formula is C20H25N3O3S. The summed E-state index contributed by atoms with van der Waals surface area (Å²) in [6.45, 7) is 4.53. The van der Waals surface area contributed by atoms with Crippen LogP contribution in [-0.2, 0) is 22.6 Å². The Labute approximate surface area is 163 Å². The van der Waals surface area contributed by atoms with E-state index in [1.165, 1.54) is 17.3 Å². The number of carbonyl (C=O) groups is 2. The second kappa shape index (κ2) is 9.08. The zero-order chi connectivity index (χ0) is 19.2. The molecule has 3 rings (SSSR count). The molecule has 2 amide bonds. The van der Waals surface area contributed by atoms with E-state index in [1.807, 2.05) is 4.90 Å². The lowest BCUT2D eigenvalue weighted by Crippen LogP contribution is -2.34. The van der Waals surface area contributed by atoms with Crippen LogP contribution in [0.4, 0.5) is 5.82 Å². The number of aromatic nitrogens is 1. The van der Waals surface area contributed by atoms with Gasteiger partial charge in [0.15, 0.2) is 5.82 Å². The standard InChI is InChI=1S/C20H25N3O3S/c1-3-15-4-6-16(7-5-15)11-23(17-8-9-17)20(25)13-27-12-19(24)21-18-10-14(2)26-22-18/h4-7,10,17H,3,8-9,11-13H2,1-2H3,(H,21,22,24). The van der Waals surface area contributed by atoms with Gasteiger partial charge in [-0.15, -0.1) is 11.8 Å². The van der Waals surface area contributed by atoms with Crippen LogP contribution in [0, 0.1) is 6.92 Å². The van der Waals surface area contributed by atoms with Crippen molar-refractivity contribution in [2.45, 2.75) is 45.7 Å². The summed E-state index contributed by atoms with van der Waals surface area (Å²) < 4.78 is 4.91. The highest BCUT2D eigenvalue weighted by Gasteiger charge is 2.32. The number of anilines is 1. The van der Waals surface area contributed by atoms with Gasteiger partial charge in [0.25, 0.3) is 0 Å². The van der Waals surface area contributed by atoms with Crippen LogP contribution in [0.5, 0.6) is 0 Å². The minimum atomic E-state index is -0.186. The number of amides is 2. The molecule has 7 heteroatoms. The molecule has 1 heterocycles. The smallest absolute Gasteiger partial charge is 0.235 e. The Kier molecular flexibility index (Phi) is 6.55. The number of nitrogens with one attached hydrogen (secondary N) is 1. The summed E-state index contributed by atoms with van der Waals surface area (Å²) in [5.41, 5.74) is 2.45. The van der Waals surface area contributed by atoms with Gasteiger partial charge in [0.05, 0.1) is 11.5 Å². The second-order valence-corrected chi connectivity index (χ2v) is 7.77. The lowest BCUT2D eigenvalue weighted by Gasteiger charge is -2.22. The third-order valence-electron chi connectivity index (χ3n) is 4.45. The summed E-state index contributed by atoms with van der Waals surface area (Å²) in [7, 11) is 0. The first kappa shape index (κ1) is 19.5. The zero-order valence-electron chi connectivity index (χ0n) is 15.7. The molecule has 1 aliphatic carbocycles. The van der Waals surface area contributed by atoms with E-state index in [4.69, 9.17) is 4.52 Å². The van der Waals surface area contributed by atoms with Gasteiger partial charge in [-0.2, -0.15) is 0 Å². The summed E-state index contributed by atoms with van der Waals surface area (Å²) in [5, 5.41) is 6.39. The van der Waals surface area contributed by atoms with Gasteiger partial charge in [0, 0.05) is 18.7 Å². The van der Waals surface area contributed by atoms with Gasteiger partial charge in [0.1, 0.15) is 5.76 Å². The lowest BCUT2D eigenvalue weighted by molar-refractivity contribution is -0.129. The molecule has 1 aliphatic rings. The molecule has 0 aliphatic heterocycles. The van der Waals surface area contributed by atoms with E-state index in [9.17, 15) is 9.59 Å². The largest absolute Gasteiger partial charge is 0.360 e. The zero-order valence-corrected chi connectivity index (χ0v) is 16.6. The highest BCUT2D eigenvalue weighted by Crippen LogP contribution is 2.29. The van der Waals surface area contributed by atoms with E-state index >= 15 is 0 Å². The van der Waals surface area contributed by atoms with Crippen molar-refractivity contribution >= 4 is 29.4 Å². The number of hydrogen-bond donors (Lipinski definition) is 1. The molecule has 144 valence electrons. The van der Waals surface area contributed by atoms with Gasteiger partial charge in [0.2, 0.25) is 11.8 Å². The minimum Gasteiger partial charge on any atom is -0.360 e. The lowest BCUT2D eigenvalue weighted by atomic mass is 10.1. The van der Waals surface area contributed by atoms with E-state index in [0.29, 0.717) is 29.9 Å². The Morgan fingerprint density at radius 1 is 1.22 bits per heavy atom. The molecule has 0 bridgehead atoms. The van der Waals surface area contributed by atoms with E-state index in [1.54, 1.807) is 13.0 Å². The van der Waals surface area contributed by atoms with E-state index in [2.05, 4.69) is 41.7 Å². The summed E-state index contributed by atoms with van der Waals surface area (Å²) in [6, 6.07) is 10.4. The van der Waals surface area contributed by atoms with Crippen LogP contribution in [0.2, 0.25) is 0 Å². The molecule has 2 aromatic rings. The second-order valence-electron chi connectivity index (χ2n) is 6.79. The minimum absolute atomic E-state index is 0.0900. The van der Waals surface area contributed by atoms with Crippen LogP contribution < -0.4 is 5.32 Å². The molecule has 6 nitrogen and oxygen atoms in total. The first-order valence-electron chi connectivity index (χ1n) is 9.23. The number of hydrogen-bond acceptors (Lipinski definition) is 5. The number of aryl methyl sites for hydroxylation is 2. The van der Waals surface area contributed by atoms with Crippen LogP contribution in [0.3, 0.4) is 0 Å². The number of nitrogens with zero attached hydrogens (tertiary/aromatic N) is 2. The maximum Gasteiger partial charge on any atom is 0.235 e. The first-order valence-corrected chi connectivity index (χ1v) is 10.4. The molecule has 1 aromatic carbocycles. The fraction of sp³-hybridized carbons (Fsp3) is 0.450. The van der Waals surface area contributed by atoms with Gasteiger partial charge >= 0.3 is 0 Å². The van der Waals surface area contributed by atoms with Crippen molar-refractivity contribution in [3.8, 4) is 0 Å². The van der Waals surface area contributed by atoms with Gasteiger partial charge in [-0.25, -0.2) is 0 Å². The molecule has 1 aromatic heterocycles. The van der Waals surface area contributed by atoms with Gasteiger partial charge < -0.3 is 14.7 Å². The average Bonchev–Trinajstić information content (AvgIpc) is 3.42. The Morgan fingerprint density at radius 2 is 1.93 bits per heavy atom. The van der Waals surface area contributed by atoms with Crippen molar-refractivity contribution in [1.29, 1.82) is 0 Å². The topological polar surface area (TPSA) is 75.4 Å². The Morgan fingerprint density at radius 3 is 2.52 bits per heavy atom. The van der Waals surface area contributed by atoms with Crippen molar-refractivity contribution in [2.75, 3.05) is 16.8 Å². The molecule has 0 saturated heterocycles. The summed E-state index contributed by atoms with van der Waals surface area (Å²) in [5.74, 6) is 1.46. The van der Waals surface area contributed by atoms with Crippen molar-refractivity contribution in [3.63, 3.8) is 0 Å². The quantitative estimate of drug-likeness (QED) is 0.714. The van der Waals surface area contributed by atoms with E-state index in [-0.39, 0.29) is 17.6 Å². The molecule has 0 unspecified atom stereocenters. The third kappa shape index (κ3) is 5.85. The fourth-order valence-corrected chi connectivity index (χ4v) is 3.50. The predicted molar refractivity (Wildman–Crippen MR) is 107 cm³/mol. The molecule has 1 N–H and O–H groups in total. The molecule has 0 radical (unpaired) electrons. The Bertz CT molecular complexity index is 784. The number of benzene rings is 1. The molecule has 1 fully saturated rings. The molecule has 27 heavy (non-hydrogen) atoms. The van der Waals surface area contributed by atoms with Gasteiger partial charge in [-0.1, -0.05) is 36.3 Å². The van der Waals surface area contributed by atoms with Crippen molar-refractivity contribution in [3.05, 3.63) is 47.2 Å². The molecule has 0 atom stereocenters. The van der Waals surface area contributed by atoms with Crippen LogP contribution in [0.1, 0.15) is 36.7 Å². The SMILES string of the molecule is CCc1ccc(CN(C(=O)CSCC(=O)Nc2cc(C)on2)C2CC2)cc1. The fourth-order valence-electron chi connectivity index (χ4n) is 2.80. The van der Waals surface area contributed by atoms with Crippen LogP contribution in [0.15, 0.2) is 34.9 Å². The molecule has 0 spiro atoms. The number of carbonyl (C=O) groups excluding carboxylic acids is 2. The van der Waals surface area contributed by atoms with Crippen molar-refractivity contribution in [2.24, 2.45) is 0 Å². The summed E-state index contributed by atoms with van der Waals surface area (Å²) in [6.07, 6.45) is 3.14. The normalized spacial score (nSPS) is 13.4. The number of thioether (sulfide) groups is 1. The highest BCUT2D eigenvalue weighted by molar-refractivity contribution is 8.00.